The molecule has 1 heterocycles. The molecule has 36 heavy (non-hydrogen) atoms. The number of benzene rings is 3. The van der Waals surface area contributed by atoms with E-state index in [1.165, 1.54) is 5.56 Å². The molecule has 4 aromatic rings. The fourth-order valence-corrected chi connectivity index (χ4v) is 4.65. The molecule has 1 aliphatic rings. The summed E-state index contributed by atoms with van der Waals surface area (Å²) in [6, 6.07) is 18.7. The second-order valence-electron chi connectivity index (χ2n) is 8.73. The van der Waals surface area contributed by atoms with E-state index in [2.05, 4.69) is 10.6 Å². The highest BCUT2D eigenvalue weighted by Gasteiger charge is 2.20. The van der Waals surface area contributed by atoms with Crippen molar-refractivity contribution in [2.24, 2.45) is 0 Å². The lowest BCUT2D eigenvalue weighted by Gasteiger charge is -2.22. The topological polar surface area (TPSA) is 81.7 Å². The summed E-state index contributed by atoms with van der Waals surface area (Å²) in [5, 5.41) is 7.60. The Kier molecular flexibility index (Phi) is 6.62. The van der Waals surface area contributed by atoms with Gasteiger partial charge < -0.3 is 24.8 Å². The first-order valence-electron chi connectivity index (χ1n) is 12.0. The quantitative estimate of drug-likeness (QED) is 0.329. The third kappa shape index (κ3) is 4.64. The molecule has 0 unspecified atom stereocenters. The van der Waals surface area contributed by atoms with E-state index in [-0.39, 0.29) is 5.91 Å². The minimum absolute atomic E-state index is 0.183. The number of pyridine rings is 1. The van der Waals surface area contributed by atoms with Crippen LogP contribution in [0.5, 0.6) is 17.2 Å². The lowest BCUT2D eigenvalue weighted by atomic mass is 9.92. The van der Waals surface area contributed by atoms with Crippen LogP contribution in [0.1, 0.15) is 34.5 Å². The number of rotatable bonds is 7. The average Bonchev–Trinajstić information content (AvgIpc) is 2.93. The number of nitrogens with one attached hydrogen (secondary N) is 2. The summed E-state index contributed by atoms with van der Waals surface area (Å²) in [7, 11) is 4.85. The van der Waals surface area contributed by atoms with Gasteiger partial charge in [0, 0.05) is 34.1 Å². The van der Waals surface area contributed by atoms with Crippen molar-refractivity contribution in [3.63, 3.8) is 0 Å². The molecule has 5 rings (SSSR count). The smallest absolute Gasteiger partial charge is 0.255 e. The van der Waals surface area contributed by atoms with Gasteiger partial charge in [-0.15, -0.1) is 0 Å². The summed E-state index contributed by atoms with van der Waals surface area (Å²) >= 11 is 0. The van der Waals surface area contributed by atoms with Crippen molar-refractivity contribution in [2.45, 2.75) is 25.7 Å². The normalized spacial score (nSPS) is 12.5. The number of ether oxygens (including phenoxy) is 3. The van der Waals surface area contributed by atoms with Crippen molar-refractivity contribution >= 4 is 33.9 Å². The molecular formula is C29H29N3O4. The largest absolute Gasteiger partial charge is 0.497 e. The molecule has 7 nitrogen and oxygen atoms in total. The Labute approximate surface area is 210 Å². The Bertz CT molecular complexity index is 1420. The molecule has 2 N–H and O–H groups in total. The van der Waals surface area contributed by atoms with E-state index in [0.29, 0.717) is 28.5 Å². The van der Waals surface area contributed by atoms with Crippen LogP contribution in [-0.2, 0) is 12.8 Å². The van der Waals surface area contributed by atoms with Crippen LogP contribution in [0.25, 0.3) is 10.9 Å². The fraction of sp³-hybridized carbons (Fsp3) is 0.241. The first kappa shape index (κ1) is 23.5. The highest BCUT2D eigenvalue weighted by Crippen LogP contribution is 2.38. The van der Waals surface area contributed by atoms with Gasteiger partial charge in [0.15, 0.2) is 11.5 Å². The van der Waals surface area contributed by atoms with Crippen LogP contribution in [0, 0.1) is 0 Å². The molecule has 1 amide bonds. The molecule has 3 aromatic carbocycles. The van der Waals surface area contributed by atoms with E-state index in [0.717, 1.165) is 53.7 Å². The summed E-state index contributed by atoms with van der Waals surface area (Å²) in [4.78, 5) is 17.8. The first-order valence-corrected chi connectivity index (χ1v) is 12.0. The van der Waals surface area contributed by atoms with Gasteiger partial charge in [0.1, 0.15) is 5.75 Å². The number of methoxy groups -OCH3 is 3. The Morgan fingerprint density at radius 3 is 2.31 bits per heavy atom. The zero-order chi connectivity index (χ0) is 25.1. The number of aryl methyl sites for hydroxylation is 1. The number of aromatic nitrogens is 1. The molecule has 184 valence electrons. The zero-order valence-corrected chi connectivity index (χ0v) is 20.7. The Morgan fingerprint density at radius 2 is 1.56 bits per heavy atom. The summed E-state index contributed by atoms with van der Waals surface area (Å²) in [6.45, 7) is 0. The lowest BCUT2D eigenvalue weighted by molar-refractivity contribution is 0.102. The molecule has 0 aliphatic heterocycles. The predicted molar refractivity (Wildman–Crippen MR) is 142 cm³/mol. The lowest BCUT2D eigenvalue weighted by Crippen LogP contribution is -2.12. The summed E-state index contributed by atoms with van der Waals surface area (Å²) in [6.07, 6.45) is 4.17. The number of hydrogen-bond acceptors (Lipinski definition) is 6. The Hall–Kier alpha value is -4.26. The number of hydrogen-bond donors (Lipinski definition) is 2. The molecule has 0 saturated carbocycles. The maximum atomic E-state index is 12.9. The van der Waals surface area contributed by atoms with E-state index in [1.807, 2.05) is 36.4 Å². The minimum Gasteiger partial charge on any atom is -0.497 e. The van der Waals surface area contributed by atoms with Crippen LogP contribution in [0.15, 0.2) is 60.7 Å². The monoisotopic (exact) mass is 483 g/mol. The van der Waals surface area contributed by atoms with Crippen LogP contribution < -0.4 is 24.8 Å². The maximum absolute atomic E-state index is 12.9. The van der Waals surface area contributed by atoms with E-state index in [1.54, 1.807) is 45.6 Å². The van der Waals surface area contributed by atoms with E-state index < -0.39 is 0 Å². The number of fused-ring (bicyclic) bond motifs is 2. The zero-order valence-electron chi connectivity index (χ0n) is 20.7. The second-order valence-corrected chi connectivity index (χ2v) is 8.73. The molecule has 0 atom stereocenters. The number of carbonyl (C=O) groups is 1. The van der Waals surface area contributed by atoms with E-state index >= 15 is 0 Å². The van der Waals surface area contributed by atoms with Crippen molar-refractivity contribution in [3.05, 3.63) is 77.5 Å². The molecule has 0 bridgehead atoms. The summed E-state index contributed by atoms with van der Waals surface area (Å²) in [5.74, 6) is 1.85. The molecule has 0 fully saturated rings. The van der Waals surface area contributed by atoms with Crippen LogP contribution in [-0.4, -0.2) is 32.2 Å². The van der Waals surface area contributed by atoms with Gasteiger partial charge >= 0.3 is 0 Å². The molecule has 1 aromatic heterocycles. The van der Waals surface area contributed by atoms with Gasteiger partial charge in [-0.25, -0.2) is 0 Å². The predicted octanol–water partition coefficient (Wildman–Crippen LogP) is 6.14. The van der Waals surface area contributed by atoms with Crippen LogP contribution in [0.2, 0.25) is 0 Å². The van der Waals surface area contributed by atoms with Gasteiger partial charge in [-0.3, -0.25) is 9.78 Å². The van der Waals surface area contributed by atoms with Crippen molar-refractivity contribution in [1.82, 2.24) is 4.98 Å². The van der Waals surface area contributed by atoms with Crippen molar-refractivity contribution < 1.29 is 19.0 Å². The minimum atomic E-state index is -0.183. The first-order chi connectivity index (χ1) is 17.6. The molecule has 0 saturated heterocycles. The van der Waals surface area contributed by atoms with E-state index in [9.17, 15) is 4.79 Å². The van der Waals surface area contributed by atoms with Gasteiger partial charge in [0.2, 0.25) is 0 Å². The third-order valence-electron chi connectivity index (χ3n) is 6.52. The molecule has 0 spiro atoms. The fourth-order valence-electron chi connectivity index (χ4n) is 4.65. The number of nitrogens with zero attached hydrogens (tertiary/aromatic N) is 1. The molecular weight excluding hydrogens is 454 g/mol. The standard InChI is InChI=1S/C29H29N3O4/c1-34-21-12-8-18(9-13-21)29(33)31-19-10-14-25-23(16-19)28(22-6-4-5-7-24(22)32-25)30-20-11-15-26(35-2)27(17-20)36-3/h8-17H,4-7H2,1-3H3,(H,30,32)(H,31,33). The van der Waals surface area contributed by atoms with Crippen LogP contribution >= 0.6 is 0 Å². The van der Waals surface area contributed by atoms with Crippen molar-refractivity contribution in [1.29, 1.82) is 0 Å². The second kappa shape index (κ2) is 10.2. The van der Waals surface area contributed by atoms with Gasteiger partial charge in [-0.1, -0.05) is 0 Å². The van der Waals surface area contributed by atoms with Crippen molar-refractivity contribution in [2.75, 3.05) is 32.0 Å². The SMILES string of the molecule is COc1ccc(C(=O)Nc2ccc3nc4c(c(Nc5ccc(OC)c(OC)c5)c3c2)CCCC4)cc1. The number of amides is 1. The number of carbonyl (C=O) groups excluding carboxylic acids is 1. The van der Waals surface area contributed by atoms with Crippen LogP contribution in [0.4, 0.5) is 17.1 Å². The maximum Gasteiger partial charge on any atom is 0.255 e. The van der Waals surface area contributed by atoms with Gasteiger partial charge in [-0.2, -0.15) is 0 Å². The molecule has 0 radical (unpaired) electrons. The van der Waals surface area contributed by atoms with Crippen molar-refractivity contribution in [3.8, 4) is 17.2 Å². The van der Waals surface area contributed by atoms with Gasteiger partial charge in [0.05, 0.1) is 32.5 Å². The Morgan fingerprint density at radius 1 is 0.806 bits per heavy atom. The highest BCUT2D eigenvalue weighted by atomic mass is 16.5. The van der Waals surface area contributed by atoms with Gasteiger partial charge in [-0.05, 0) is 85.8 Å². The number of anilines is 3. The summed E-state index contributed by atoms with van der Waals surface area (Å²) < 4.78 is 16.1. The average molecular weight is 484 g/mol. The highest BCUT2D eigenvalue weighted by molar-refractivity contribution is 6.06. The van der Waals surface area contributed by atoms with Crippen LogP contribution in [0.3, 0.4) is 0 Å². The summed E-state index contributed by atoms with van der Waals surface area (Å²) in [5.41, 5.74) is 6.41. The molecule has 1 aliphatic carbocycles. The third-order valence-corrected chi connectivity index (χ3v) is 6.52. The molecule has 7 heteroatoms. The van der Waals surface area contributed by atoms with Gasteiger partial charge in [0.25, 0.3) is 5.91 Å². The Balaban J connectivity index is 1.53. The van der Waals surface area contributed by atoms with E-state index in [4.69, 9.17) is 19.2 Å².